The quantitative estimate of drug-likeness (QED) is 0.757. The van der Waals surface area contributed by atoms with E-state index in [1.165, 1.54) is 11.3 Å². The third kappa shape index (κ3) is 1.86. The Labute approximate surface area is 76.5 Å². The molecule has 0 fully saturated rings. The third-order valence-corrected chi connectivity index (χ3v) is 2.87. The van der Waals surface area contributed by atoms with Crippen LogP contribution in [0.2, 0.25) is 0 Å². The van der Waals surface area contributed by atoms with Gasteiger partial charge in [0.25, 0.3) is 0 Å². The highest BCUT2D eigenvalue weighted by molar-refractivity contribution is 7.07. The van der Waals surface area contributed by atoms with Crippen LogP contribution in [0.25, 0.3) is 0 Å². The lowest BCUT2D eigenvalue weighted by Gasteiger charge is -2.27. The average Bonchev–Trinajstić information content (AvgIpc) is 2.55. The van der Waals surface area contributed by atoms with Crippen molar-refractivity contribution in [2.45, 2.75) is 32.0 Å². The molecule has 0 spiro atoms. The van der Waals surface area contributed by atoms with Crippen molar-refractivity contribution in [3.63, 3.8) is 0 Å². The Balaban J connectivity index is 2.78. The molecule has 0 saturated heterocycles. The highest BCUT2D eigenvalue weighted by atomic mass is 32.1. The second-order valence-electron chi connectivity index (χ2n) is 3.17. The van der Waals surface area contributed by atoms with Crippen LogP contribution < -0.4 is 0 Å². The molecule has 0 bridgehead atoms. The van der Waals surface area contributed by atoms with Crippen LogP contribution in [0.1, 0.15) is 31.9 Å². The zero-order valence-electron chi connectivity index (χ0n) is 7.32. The molecule has 0 aliphatic heterocycles. The van der Waals surface area contributed by atoms with E-state index < -0.39 is 11.7 Å². The first kappa shape index (κ1) is 9.71. The van der Waals surface area contributed by atoms with Crippen LogP contribution in [0.3, 0.4) is 0 Å². The molecular weight excluding hydrogens is 172 g/mol. The Kier molecular flexibility index (Phi) is 2.88. The fraction of sp³-hybridized carbons (Fsp3) is 0.556. The van der Waals surface area contributed by atoms with Gasteiger partial charge in [-0.05, 0) is 35.7 Å². The first-order valence-electron chi connectivity index (χ1n) is 4.00. The summed E-state index contributed by atoms with van der Waals surface area (Å²) in [5, 5.41) is 23.2. The number of hydrogen-bond acceptors (Lipinski definition) is 3. The van der Waals surface area contributed by atoms with E-state index in [0.717, 1.165) is 5.56 Å². The minimum absolute atomic E-state index is 0.546. The fourth-order valence-electron chi connectivity index (χ4n) is 0.983. The lowest BCUT2D eigenvalue weighted by atomic mass is 9.92. The minimum atomic E-state index is -1.01. The van der Waals surface area contributed by atoms with E-state index in [4.69, 9.17) is 0 Å². The van der Waals surface area contributed by atoms with Crippen molar-refractivity contribution in [3.8, 4) is 0 Å². The zero-order chi connectivity index (χ0) is 9.19. The monoisotopic (exact) mass is 186 g/mol. The van der Waals surface area contributed by atoms with Crippen LogP contribution in [0, 0.1) is 0 Å². The first-order chi connectivity index (χ1) is 5.58. The van der Waals surface area contributed by atoms with Crippen molar-refractivity contribution in [2.75, 3.05) is 0 Å². The molecule has 1 heterocycles. The normalized spacial score (nSPS) is 18.7. The van der Waals surface area contributed by atoms with Gasteiger partial charge in [0.05, 0.1) is 5.60 Å². The molecule has 68 valence electrons. The number of thiophene rings is 1. The van der Waals surface area contributed by atoms with Gasteiger partial charge in [0.1, 0.15) is 6.10 Å². The van der Waals surface area contributed by atoms with Crippen LogP contribution in [0.4, 0.5) is 0 Å². The molecule has 2 N–H and O–H groups in total. The van der Waals surface area contributed by atoms with Gasteiger partial charge in [0.2, 0.25) is 0 Å². The number of hydrogen-bond donors (Lipinski definition) is 2. The van der Waals surface area contributed by atoms with Gasteiger partial charge in [-0.15, -0.1) is 0 Å². The highest BCUT2D eigenvalue weighted by Gasteiger charge is 2.29. The number of aliphatic hydroxyl groups excluding tert-OH is 1. The Bertz CT molecular complexity index is 229. The maximum Gasteiger partial charge on any atom is 0.108 e. The van der Waals surface area contributed by atoms with E-state index in [0.29, 0.717) is 6.42 Å². The highest BCUT2D eigenvalue weighted by Crippen LogP contribution is 2.29. The molecule has 12 heavy (non-hydrogen) atoms. The maximum absolute atomic E-state index is 9.72. The Morgan fingerprint density at radius 1 is 1.67 bits per heavy atom. The zero-order valence-corrected chi connectivity index (χ0v) is 8.14. The molecule has 0 aliphatic carbocycles. The molecule has 2 unspecified atom stereocenters. The topological polar surface area (TPSA) is 40.5 Å². The van der Waals surface area contributed by atoms with E-state index in [1.807, 2.05) is 23.8 Å². The SMILES string of the molecule is CCC(C)(O)C(O)c1ccsc1. The minimum Gasteiger partial charge on any atom is -0.387 e. The van der Waals surface area contributed by atoms with Gasteiger partial charge in [-0.3, -0.25) is 0 Å². The summed E-state index contributed by atoms with van der Waals surface area (Å²) >= 11 is 1.52. The van der Waals surface area contributed by atoms with E-state index >= 15 is 0 Å². The molecule has 1 aromatic rings. The van der Waals surface area contributed by atoms with Crippen LogP contribution in [0.5, 0.6) is 0 Å². The number of aliphatic hydroxyl groups is 2. The first-order valence-corrected chi connectivity index (χ1v) is 4.94. The summed E-state index contributed by atoms with van der Waals surface area (Å²) in [7, 11) is 0. The second kappa shape index (κ2) is 3.56. The predicted octanol–water partition coefficient (Wildman–Crippen LogP) is 1.94. The van der Waals surface area contributed by atoms with Crippen molar-refractivity contribution < 1.29 is 10.2 Å². The summed E-state index contributed by atoms with van der Waals surface area (Å²) in [6.07, 6.45) is -0.224. The van der Waals surface area contributed by atoms with Crippen molar-refractivity contribution >= 4 is 11.3 Å². The Morgan fingerprint density at radius 2 is 2.33 bits per heavy atom. The van der Waals surface area contributed by atoms with Crippen molar-refractivity contribution in [1.29, 1.82) is 0 Å². The molecule has 3 heteroatoms. The Hall–Kier alpha value is -0.380. The summed E-state index contributed by atoms with van der Waals surface area (Å²) in [4.78, 5) is 0. The van der Waals surface area contributed by atoms with Crippen molar-refractivity contribution in [1.82, 2.24) is 0 Å². The fourth-order valence-corrected chi connectivity index (χ4v) is 1.66. The number of rotatable bonds is 3. The lowest BCUT2D eigenvalue weighted by Crippen LogP contribution is -2.31. The standard InChI is InChI=1S/C9H14O2S/c1-3-9(2,11)8(10)7-4-5-12-6-7/h4-6,8,10-11H,3H2,1-2H3. The summed E-state index contributed by atoms with van der Waals surface area (Å²) in [6, 6.07) is 1.83. The largest absolute Gasteiger partial charge is 0.387 e. The summed E-state index contributed by atoms with van der Waals surface area (Å²) < 4.78 is 0. The van der Waals surface area contributed by atoms with Crippen molar-refractivity contribution in [2.24, 2.45) is 0 Å². The van der Waals surface area contributed by atoms with Crippen LogP contribution in [-0.2, 0) is 0 Å². The van der Waals surface area contributed by atoms with Gasteiger partial charge in [0.15, 0.2) is 0 Å². The molecule has 0 radical (unpaired) electrons. The molecule has 0 aromatic carbocycles. The van der Waals surface area contributed by atoms with E-state index in [2.05, 4.69) is 0 Å². The maximum atomic E-state index is 9.72. The smallest absolute Gasteiger partial charge is 0.108 e. The summed E-state index contributed by atoms with van der Waals surface area (Å²) in [5.74, 6) is 0. The molecule has 0 saturated carbocycles. The molecule has 2 atom stereocenters. The Morgan fingerprint density at radius 3 is 2.75 bits per heavy atom. The van der Waals surface area contributed by atoms with Gasteiger partial charge >= 0.3 is 0 Å². The van der Waals surface area contributed by atoms with Gasteiger partial charge < -0.3 is 10.2 Å². The van der Waals surface area contributed by atoms with Crippen LogP contribution >= 0.6 is 11.3 Å². The molecule has 2 nitrogen and oxygen atoms in total. The van der Waals surface area contributed by atoms with E-state index in [-0.39, 0.29) is 0 Å². The third-order valence-electron chi connectivity index (χ3n) is 2.16. The van der Waals surface area contributed by atoms with E-state index in [1.54, 1.807) is 6.92 Å². The predicted molar refractivity (Wildman–Crippen MR) is 50.2 cm³/mol. The molecule has 0 amide bonds. The van der Waals surface area contributed by atoms with Gasteiger partial charge in [-0.2, -0.15) is 11.3 Å². The van der Waals surface area contributed by atoms with Crippen molar-refractivity contribution in [3.05, 3.63) is 22.4 Å². The van der Waals surface area contributed by atoms with Gasteiger partial charge in [-0.1, -0.05) is 6.92 Å². The summed E-state index contributed by atoms with van der Waals surface area (Å²) in [6.45, 7) is 3.50. The van der Waals surface area contributed by atoms with E-state index in [9.17, 15) is 10.2 Å². The van der Waals surface area contributed by atoms with Crippen LogP contribution in [-0.4, -0.2) is 15.8 Å². The molecule has 0 aliphatic rings. The molecule has 1 aromatic heterocycles. The summed E-state index contributed by atoms with van der Waals surface area (Å²) in [5.41, 5.74) is -0.215. The molecular formula is C9H14O2S. The van der Waals surface area contributed by atoms with Gasteiger partial charge in [0, 0.05) is 0 Å². The van der Waals surface area contributed by atoms with Crippen LogP contribution in [0.15, 0.2) is 16.8 Å². The molecule has 1 rings (SSSR count). The lowest BCUT2D eigenvalue weighted by molar-refractivity contribution is -0.0656. The second-order valence-corrected chi connectivity index (χ2v) is 3.95. The van der Waals surface area contributed by atoms with Gasteiger partial charge in [-0.25, -0.2) is 0 Å². The average molecular weight is 186 g/mol.